The van der Waals surface area contributed by atoms with Gasteiger partial charge in [0.15, 0.2) is 0 Å². The molecule has 2 heterocycles. The number of anilines is 1. The minimum Gasteiger partial charge on any atom is -0.356 e. The highest BCUT2D eigenvalue weighted by Crippen LogP contribution is 2.36. The lowest BCUT2D eigenvalue weighted by Crippen LogP contribution is -2.24. The van der Waals surface area contributed by atoms with Crippen molar-refractivity contribution in [2.24, 2.45) is 0 Å². The second-order valence-electron chi connectivity index (χ2n) is 6.63. The summed E-state index contributed by atoms with van der Waals surface area (Å²) in [6, 6.07) is 14.2. The van der Waals surface area contributed by atoms with Crippen LogP contribution in [0.3, 0.4) is 0 Å². The summed E-state index contributed by atoms with van der Waals surface area (Å²) < 4.78 is 1.68. The third-order valence-corrected chi connectivity index (χ3v) is 5.27. The molecule has 4 aromatic rings. The molecule has 6 heteroatoms. The molecule has 2 aromatic carbocycles. The molecule has 0 bridgehead atoms. The topological polar surface area (TPSA) is 46.8 Å². The molecule has 0 amide bonds. The van der Waals surface area contributed by atoms with Crippen molar-refractivity contribution in [2.45, 2.75) is 20.8 Å². The molecule has 0 N–H and O–H groups in total. The Bertz CT molecular complexity index is 1120. The number of fused-ring (bicyclic) bond motifs is 1. The summed E-state index contributed by atoms with van der Waals surface area (Å²) >= 11 is 6.69. The third-order valence-electron chi connectivity index (χ3n) is 4.96. The average Bonchev–Trinajstić information content (AvgIpc) is 3.24. The second kappa shape index (κ2) is 7.60. The maximum absolute atomic E-state index is 6.69. The lowest BCUT2D eigenvalue weighted by atomic mass is 9.99. The fraction of sp³-hybridized carbons (Fsp3) is 0.227. The highest BCUT2D eigenvalue weighted by molar-refractivity contribution is 6.34. The van der Waals surface area contributed by atoms with Crippen LogP contribution in [0.5, 0.6) is 0 Å². The minimum absolute atomic E-state index is 0.541. The molecule has 0 saturated carbocycles. The van der Waals surface area contributed by atoms with Crippen molar-refractivity contribution in [1.29, 1.82) is 0 Å². The zero-order chi connectivity index (χ0) is 19.7. The summed E-state index contributed by atoms with van der Waals surface area (Å²) in [5.74, 6) is 1.44. The number of hydrogen-bond donors (Lipinski definition) is 0. The molecule has 0 aliphatic rings. The van der Waals surface area contributed by atoms with Crippen molar-refractivity contribution in [3.8, 4) is 17.1 Å². The van der Waals surface area contributed by atoms with Gasteiger partial charge in [-0.25, -0.2) is 9.67 Å². The van der Waals surface area contributed by atoms with Crippen molar-refractivity contribution in [3.63, 3.8) is 0 Å². The van der Waals surface area contributed by atoms with Gasteiger partial charge in [0.2, 0.25) is 0 Å². The lowest BCUT2D eigenvalue weighted by Gasteiger charge is -2.22. The Hall–Kier alpha value is -2.92. The number of hydrogen-bond acceptors (Lipinski definition) is 4. The largest absolute Gasteiger partial charge is 0.356 e. The molecular formula is C22H22ClN5. The van der Waals surface area contributed by atoms with Crippen LogP contribution in [0, 0.1) is 6.92 Å². The van der Waals surface area contributed by atoms with Gasteiger partial charge in [-0.05, 0) is 50.1 Å². The molecule has 5 nitrogen and oxygen atoms in total. The molecule has 2 aromatic heterocycles. The van der Waals surface area contributed by atoms with E-state index in [-0.39, 0.29) is 0 Å². The number of aryl methyl sites for hydroxylation is 1. The normalized spacial score (nSPS) is 11.1. The molecule has 4 rings (SSSR count). The smallest absolute Gasteiger partial charge is 0.253 e. The zero-order valence-electron chi connectivity index (χ0n) is 16.2. The van der Waals surface area contributed by atoms with Crippen LogP contribution in [0.1, 0.15) is 19.4 Å². The van der Waals surface area contributed by atoms with E-state index in [1.807, 2.05) is 30.5 Å². The minimum atomic E-state index is 0.541. The van der Waals surface area contributed by atoms with Gasteiger partial charge in [-0.15, -0.1) is 0 Å². The predicted molar refractivity (Wildman–Crippen MR) is 115 cm³/mol. The SMILES string of the molecule is CCN(CC)c1nc(-n2cccn2)nc2cc(Cl)c(-c3ccccc3C)cc12. The number of rotatable bonds is 5. The Balaban J connectivity index is 2.01. The molecule has 0 aliphatic heterocycles. The summed E-state index contributed by atoms with van der Waals surface area (Å²) in [5.41, 5.74) is 4.11. The highest BCUT2D eigenvalue weighted by atomic mass is 35.5. The van der Waals surface area contributed by atoms with E-state index in [0.29, 0.717) is 11.0 Å². The van der Waals surface area contributed by atoms with Crippen LogP contribution in [-0.2, 0) is 0 Å². The summed E-state index contributed by atoms with van der Waals surface area (Å²) in [7, 11) is 0. The maximum atomic E-state index is 6.69. The number of nitrogens with zero attached hydrogens (tertiary/aromatic N) is 5. The molecule has 0 saturated heterocycles. The first-order valence-electron chi connectivity index (χ1n) is 9.44. The summed E-state index contributed by atoms with van der Waals surface area (Å²) in [4.78, 5) is 11.8. The van der Waals surface area contributed by atoms with E-state index >= 15 is 0 Å². The number of benzene rings is 2. The quantitative estimate of drug-likeness (QED) is 0.463. The molecule has 28 heavy (non-hydrogen) atoms. The Morgan fingerprint density at radius 3 is 2.46 bits per heavy atom. The number of halogens is 1. The van der Waals surface area contributed by atoms with Gasteiger partial charge in [0.25, 0.3) is 5.95 Å². The Labute approximate surface area is 169 Å². The monoisotopic (exact) mass is 391 g/mol. The summed E-state index contributed by atoms with van der Waals surface area (Å²) in [5, 5.41) is 5.95. The summed E-state index contributed by atoms with van der Waals surface area (Å²) in [6.07, 6.45) is 3.56. The van der Waals surface area contributed by atoms with E-state index in [2.05, 4.69) is 49.0 Å². The zero-order valence-corrected chi connectivity index (χ0v) is 17.0. The van der Waals surface area contributed by atoms with Crippen LogP contribution in [-0.4, -0.2) is 32.8 Å². The predicted octanol–water partition coefficient (Wildman–Crippen LogP) is 5.29. The van der Waals surface area contributed by atoms with Crippen molar-refractivity contribution >= 4 is 28.3 Å². The molecule has 0 atom stereocenters. The standard InChI is InChI=1S/C22H22ClN5/c1-4-27(5-2)21-18-13-17(16-10-7-6-9-15(16)3)19(23)14-20(18)25-22(26-21)28-12-8-11-24-28/h6-14H,4-5H2,1-3H3. The highest BCUT2D eigenvalue weighted by Gasteiger charge is 2.17. The molecule has 0 radical (unpaired) electrons. The van der Waals surface area contributed by atoms with Crippen molar-refractivity contribution in [1.82, 2.24) is 19.7 Å². The molecular weight excluding hydrogens is 370 g/mol. The van der Waals surface area contributed by atoms with Crippen LogP contribution in [0.25, 0.3) is 28.0 Å². The van der Waals surface area contributed by atoms with Gasteiger partial charge < -0.3 is 4.90 Å². The van der Waals surface area contributed by atoms with E-state index in [1.54, 1.807) is 10.9 Å². The van der Waals surface area contributed by atoms with E-state index in [0.717, 1.165) is 40.9 Å². The number of aromatic nitrogens is 4. The fourth-order valence-corrected chi connectivity index (χ4v) is 3.72. The first kappa shape index (κ1) is 18.4. The van der Waals surface area contributed by atoms with Crippen LogP contribution < -0.4 is 4.90 Å². The maximum Gasteiger partial charge on any atom is 0.253 e. The summed E-state index contributed by atoms with van der Waals surface area (Å²) in [6.45, 7) is 8.05. The molecule has 0 spiro atoms. The van der Waals surface area contributed by atoms with Crippen LogP contribution >= 0.6 is 11.6 Å². The molecule has 142 valence electrons. The van der Waals surface area contributed by atoms with Crippen molar-refractivity contribution < 1.29 is 0 Å². The molecule has 0 fully saturated rings. The lowest BCUT2D eigenvalue weighted by molar-refractivity contribution is 0.793. The fourth-order valence-electron chi connectivity index (χ4n) is 3.46. The van der Waals surface area contributed by atoms with Gasteiger partial charge in [-0.2, -0.15) is 10.1 Å². The van der Waals surface area contributed by atoms with Gasteiger partial charge in [0.05, 0.1) is 10.5 Å². The van der Waals surface area contributed by atoms with E-state index in [9.17, 15) is 0 Å². The molecule has 0 unspecified atom stereocenters. The van der Waals surface area contributed by atoms with Gasteiger partial charge in [0, 0.05) is 36.4 Å². The van der Waals surface area contributed by atoms with E-state index in [4.69, 9.17) is 21.6 Å². The van der Waals surface area contributed by atoms with Gasteiger partial charge in [-0.3, -0.25) is 0 Å². The van der Waals surface area contributed by atoms with Crippen molar-refractivity contribution in [2.75, 3.05) is 18.0 Å². The van der Waals surface area contributed by atoms with Crippen LogP contribution in [0.4, 0.5) is 5.82 Å². The Kier molecular flexibility index (Phi) is 5.01. The van der Waals surface area contributed by atoms with Gasteiger partial charge in [-0.1, -0.05) is 35.9 Å². The first-order valence-corrected chi connectivity index (χ1v) is 9.82. The van der Waals surface area contributed by atoms with E-state index < -0.39 is 0 Å². The molecule has 0 aliphatic carbocycles. The Morgan fingerprint density at radius 1 is 1.00 bits per heavy atom. The third kappa shape index (κ3) is 3.22. The van der Waals surface area contributed by atoms with Crippen LogP contribution in [0.2, 0.25) is 5.02 Å². The average molecular weight is 392 g/mol. The van der Waals surface area contributed by atoms with Gasteiger partial charge >= 0.3 is 0 Å². The second-order valence-corrected chi connectivity index (χ2v) is 7.04. The van der Waals surface area contributed by atoms with Crippen molar-refractivity contribution in [3.05, 3.63) is 65.4 Å². The Morgan fingerprint density at radius 2 is 1.79 bits per heavy atom. The first-order chi connectivity index (χ1) is 13.6. The van der Waals surface area contributed by atoms with Crippen LogP contribution in [0.15, 0.2) is 54.9 Å². The van der Waals surface area contributed by atoms with Gasteiger partial charge in [0.1, 0.15) is 5.82 Å². The van der Waals surface area contributed by atoms with E-state index in [1.165, 1.54) is 5.56 Å².